The van der Waals surface area contributed by atoms with Gasteiger partial charge >= 0.3 is 0 Å². The summed E-state index contributed by atoms with van der Waals surface area (Å²) in [5, 5.41) is 3.31. The summed E-state index contributed by atoms with van der Waals surface area (Å²) in [5.41, 5.74) is 1.59. The molecule has 0 amide bonds. The van der Waals surface area contributed by atoms with Crippen LogP contribution < -0.4 is 10.2 Å². The first kappa shape index (κ1) is 15.6. The molecule has 1 aromatic heterocycles. The highest BCUT2D eigenvalue weighted by Gasteiger charge is 2.13. The topological polar surface area (TPSA) is 28.4 Å². The van der Waals surface area contributed by atoms with Crippen molar-refractivity contribution in [3.63, 3.8) is 0 Å². The Balaban J connectivity index is 2.12. The summed E-state index contributed by atoms with van der Waals surface area (Å²) >= 11 is 0. The van der Waals surface area contributed by atoms with E-state index in [4.69, 9.17) is 4.42 Å². The van der Waals surface area contributed by atoms with Crippen LogP contribution in [0.4, 0.5) is 10.1 Å². The van der Waals surface area contributed by atoms with E-state index in [1.54, 1.807) is 12.3 Å². The molecule has 0 atom stereocenters. The minimum absolute atomic E-state index is 0.171. The molecule has 0 spiro atoms. The highest BCUT2D eigenvalue weighted by Crippen LogP contribution is 2.24. The predicted molar refractivity (Wildman–Crippen MR) is 83.8 cm³/mol. The van der Waals surface area contributed by atoms with Crippen molar-refractivity contribution in [3.05, 3.63) is 53.7 Å². The highest BCUT2D eigenvalue weighted by atomic mass is 19.1. The maximum atomic E-state index is 14.1. The summed E-state index contributed by atoms with van der Waals surface area (Å²) in [7, 11) is 1.95. The Labute approximate surface area is 125 Å². The summed E-state index contributed by atoms with van der Waals surface area (Å²) in [6.45, 7) is 6.29. The Kier molecular flexibility index (Phi) is 5.39. The average Bonchev–Trinajstić information content (AvgIpc) is 2.93. The highest BCUT2D eigenvalue weighted by molar-refractivity contribution is 5.53. The molecule has 0 fully saturated rings. The van der Waals surface area contributed by atoms with Gasteiger partial charge in [-0.2, -0.15) is 0 Å². The zero-order valence-corrected chi connectivity index (χ0v) is 12.9. The maximum absolute atomic E-state index is 14.1. The number of rotatable bonds is 7. The number of hydrogen-bond donors (Lipinski definition) is 1. The van der Waals surface area contributed by atoms with Crippen LogP contribution in [-0.4, -0.2) is 13.6 Å². The van der Waals surface area contributed by atoms with Gasteiger partial charge in [-0.25, -0.2) is 4.39 Å². The molecule has 0 aliphatic heterocycles. The second-order valence-electron chi connectivity index (χ2n) is 5.70. The fourth-order valence-electron chi connectivity index (χ4n) is 2.29. The minimum atomic E-state index is -0.171. The number of hydrogen-bond acceptors (Lipinski definition) is 3. The molecule has 1 N–H and O–H groups in total. The molecule has 1 heterocycles. The van der Waals surface area contributed by atoms with Crippen molar-refractivity contribution in [1.82, 2.24) is 5.32 Å². The van der Waals surface area contributed by atoms with E-state index in [1.807, 2.05) is 30.1 Å². The Morgan fingerprint density at radius 2 is 2.05 bits per heavy atom. The first-order chi connectivity index (χ1) is 10.1. The molecule has 114 valence electrons. The number of benzene rings is 1. The first-order valence-electron chi connectivity index (χ1n) is 7.29. The van der Waals surface area contributed by atoms with Gasteiger partial charge in [-0.1, -0.05) is 19.9 Å². The van der Waals surface area contributed by atoms with E-state index in [2.05, 4.69) is 19.2 Å². The minimum Gasteiger partial charge on any atom is -0.467 e. The van der Waals surface area contributed by atoms with Crippen molar-refractivity contribution in [2.24, 2.45) is 5.92 Å². The second kappa shape index (κ2) is 7.27. The summed E-state index contributed by atoms with van der Waals surface area (Å²) in [6, 6.07) is 8.98. The van der Waals surface area contributed by atoms with Crippen molar-refractivity contribution in [1.29, 1.82) is 0 Å². The lowest BCUT2D eigenvalue weighted by atomic mass is 10.1. The molecular formula is C17H23FN2O. The fraction of sp³-hybridized carbons (Fsp3) is 0.412. The Bertz CT molecular complexity index is 552. The Hall–Kier alpha value is -1.81. The van der Waals surface area contributed by atoms with Gasteiger partial charge < -0.3 is 14.6 Å². The van der Waals surface area contributed by atoms with Crippen LogP contribution in [0, 0.1) is 11.7 Å². The van der Waals surface area contributed by atoms with Gasteiger partial charge in [0.2, 0.25) is 0 Å². The van der Waals surface area contributed by atoms with Crippen LogP contribution in [0.1, 0.15) is 25.2 Å². The van der Waals surface area contributed by atoms with Crippen molar-refractivity contribution < 1.29 is 8.81 Å². The van der Waals surface area contributed by atoms with Crippen molar-refractivity contribution in [2.75, 3.05) is 18.5 Å². The van der Waals surface area contributed by atoms with Crippen LogP contribution in [0.25, 0.3) is 0 Å². The Morgan fingerprint density at radius 1 is 1.24 bits per heavy atom. The van der Waals surface area contributed by atoms with E-state index in [0.29, 0.717) is 24.6 Å². The molecule has 2 aromatic rings. The molecule has 4 heteroatoms. The third-order valence-corrected chi connectivity index (χ3v) is 3.33. The molecule has 0 unspecified atom stereocenters. The number of nitrogens with one attached hydrogen (secondary N) is 1. The lowest BCUT2D eigenvalue weighted by molar-refractivity contribution is 0.505. The lowest BCUT2D eigenvalue weighted by Crippen LogP contribution is -2.23. The van der Waals surface area contributed by atoms with Gasteiger partial charge in [0, 0.05) is 24.8 Å². The second-order valence-corrected chi connectivity index (χ2v) is 5.70. The fourth-order valence-corrected chi connectivity index (χ4v) is 2.29. The van der Waals surface area contributed by atoms with E-state index in [1.165, 1.54) is 6.07 Å². The van der Waals surface area contributed by atoms with E-state index >= 15 is 0 Å². The van der Waals surface area contributed by atoms with Crippen LogP contribution in [-0.2, 0) is 13.1 Å². The smallest absolute Gasteiger partial charge is 0.129 e. The van der Waals surface area contributed by atoms with E-state index in [-0.39, 0.29) is 5.82 Å². The molecule has 0 radical (unpaired) electrons. The molecule has 0 saturated carbocycles. The van der Waals surface area contributed by atoms with Crippen molar-refractivity contribution >= 4 is 5.69 Å². The van der Waals surface area contributed by atoms with Gasteiger partial charge in [-0.3, -0.25) is 0 Å². The van der Waals surface area contributed by atoms with Crippen LogP contribution in [0.5, 0.6) is 0 Å². The van der Waals surface area contributed by atoms with Gasteiger partial charge in [0.05, 0.1) is 12.8 Å². The van der Waals surface area contributed by atoms with Crippen molar-refractivity contribution in [3.8, 4) is 0 Å². The van der Waals surface area contributed by atoms with Gasteiger partial charge in [0.1, 0.15) is 11.6 Å². The summed E-state index contributed by atoms with van der Waals surface area (Å²) in [4.78, 5) is 2.01. The van der Waals surface area contributed by atoms with E-state index in [9.17, 15) is 4.39 Å². The standard InChI is InChI=1S/C17H23FN2O/c1-13(2)10-19-11-15-16(18)7-4-8-17(15)20(3)12-14-6-5-9-21-14/h4-9,13,19H,10-12H2,1-3H3. The third kappa shape index (κ3) is 4.33. The molecule has 0 aliphatic rings. The summed E-state index contributed by atoms with van der Waals surface area (Å²) in [5.74, 6) is 1.24. The number of nitrogens with zero attached hydrogens (tertiary/aromatic N) is 1. The number of furan rings is 1. The quantitative estimate of drug-likeness (QED) is 0.840. The van der Waals surface area contributed by atoms with Gasteiger partial charge in [0.15, 0.2) is 0 Å². The molecule has 2 rings (SSSR count). The largest absolute Gasteiger partial charge is 0.467 e. The van der Waals surface area contributed by atoms with Gasteiger partial charge in [-0.05, 0) is 36.7 Å². The predicted octanol–water partition coefficient (Wildman–Crippen LogP) is 3.80. The summed E-state index contributed by atoms with van der Waals surface area (Å²) < 4.78 is 19.5. The Morgan fingerprint density at radius 3 is 2.71 bits per heavy atom. The van der Waals surface area contributed by atoms with Crippen LogP contribution in [0.15, 0.2) is 41.0 Å². The van der Waals surface area contributed by atoms with E-state index in [0.717, 1.165) is 18.0 Å². The van der Waals surface area contributed by atoms with Crippen LogP contribution in [0.2, 0.25) is 0 Å². The van der Waals surface area contributed by atoms with Crippen molar-refractivity contribution in [2.45, 2.75) is 26.9 Å². The van der Waals surface area contributed by atoms with Gasteiger partial charge in [-0.15, -0.1) is 0 Å². The molecular weight excluding hydrogens is 267 g/mol. The lowest BCUT2D eigenvalue weighted by Gasteiger charge is -2.22. The molecule has 3 nitrogen and oxygen atoms in total. The molecule has 21 heavy (non-hydrogen) atoms. The van der Waals surface area contributed by atoms with Crippen LogP contribution in [0.3, 0.4) is 0 Å². The van der Waals surface area contributed by atoms with Crippen LogP contribution >= 0.6 is 0 Å². The molecule has 1 aromatic carbocycles. The normalized spacial score (nSPS) is 11.1. The maximum Gasteiger partial charge on any atom is 0.129 e. The summed E-state index contributed by atoms with van der Waals surface area (Å²) in [6.07, 6.45) is 1.65. The number of anilines is 1. The monoisotopic (exact) mass is 290 g/mol. The average molecular weight is 290 g/mol. The first-order valence-corrected chi connectivity index (χ1v) is 7.29. The molecule has 0 aliphatic carbocycles. The number of halogens is 1. The SMILES string of the molecule is CC(C)CNCc1c(F)cccc1N(C)Cc1ccco1. The zero-order valence-electron chi connectivity index (χ0n) is 12.9. The molecule has 0 bridgehead atoms. The van der Waals surface area contributed by atoms with Gasteiger partial charge in [0.25, 0.3) is 0 Å². The third-order valence-electron chi connectivity index (χ3n) is 3.33. The molecule has 0 saturated heterocycles. The zero-order chi connectivity index (χ0) is 15.2. The van der Waals surface area contributed by atoms with E-state index < -0.39 is 0 Å².